The van der Waals surface area contributed by atoms with E-state index >= 15 is 0 Å². The number of halogens is 2. The van der Waals surface area contributed by atoms with E-state index < -0.39 is 4.92 Å². The number of nitrogens with two attached hydrogens (primary N) is 1. The van der Waals surface area contributed by atoms with Crippen LogP contribution in [0.15, 0.2) is 16.6 Å². The van der Waals surface area contributed by atoms with Crippen molar-refractivity contribution in [3.63, 3.8) is 0 Å². The van der Waals surface area contributed by atoms with Gasteiger partial charge in [0.1, 0.15) is 12.2 Å². The minimum Gasteiger partial charge on any atom is -0.480 e. The second-order valence-corrected chi connectivity index (χ2v) is 5.76. The number of hydrogen-bond donors (Lipinski definition) is 1. The first-order valence-electron chi connectivity index (χ1n) is 6.11. The fourth-order valence-corrected chi connectivity index (χ4v) is 2.99. The van der Waals surface area contributed by atoms with Gasteiger partial charge in [0.25, 0.3) is 0 Å². The predicted octanol–water partition coefficient (Wildman–Crippen LogP) is 2.89. The Kier molecular flexibility index (Phi) is 4.85. The van der Waals surface area contributed by atoms with Crippen LogP contribution in [0.2, 0.25) is 5.02 Å². The van der Waals surface area contributed by atoms with Crippen LogP contribution < -0.4 is 10.5 Å². The number of nitro groups is 1. The number of nitrogens with zero attached hydrogens (tertiary/aromatic N) is 1. The van der Waals surface area contributed by atoms with Gasteiger partial charge in [-0.2, -0.15) is 0 Å². The molecule has 20 heavy (non-hydrogen) atoms. The summed E-state index contributed by atoms with van der Waals surface area (Å²) in [6.45, 7) is 2.38. The van der Waals surface area contributed by atoms with Crippen LogP contribution in [0, 0.1) is 10.1 Å². The molecule has 2 rings (SSSR count). The Hall–Kier alpha value is -0.890. The lowest BCUT2D eigenvalue weighted by Gasteiger charge is -2.41. The first-order chi connectivity index (χ1) is 9.43. The average molecular weight is 366 g/mol. The van der Waals surface area contributed by atoms with E-state index in [1.54, 1.807) is 6.07 Å². The normalized spacial score (nSPS) is 25.1. The number of nitro benzene ring substituents is 1. The molecule has 2 N–H and O–H groups in total. The Morgan fingerprint density at radius 2 is 2.30 bits per heavy atom. The van der Waals surface area contributed by atoms with E-state index in [2.05, 4.69) is 15.9 Å². The lowest BCUT2D eigenvalue weighted by molar-refractivity contribution is -0.386. The van der Waals surface area contributed by atoms with Gasteiger partial charge in [0.05, 0.1) is 9.40 Å². The largest absolute Gasteiger partial charge is 0.480 e. The van der Waals surface area contributed by atoms with Gasteiger partial charge in [-0.15, -0.1) is 0 Å². The van der Waals surface area contributed by atoms with E-state index in [1.807, 2.05) is 6.92 Å². The zero-order chi connectivity index (χ0) is 14.9. The molecule has 0 radical (unpaired) electrons. The van der Waals surface area contributed by atoms with E-state index in [0.29, 0.717) is 17.5 Å². The third kappa shape index (κ3) is 3.06. The van der Waals surface area contributed by atoms with E-state index in [0.717, 1.165) is 0 Å². The average Bonchev–Trinajstić information content (AvgIpc) is 2.37. The molecule has 3 unspecified atom stereocenters. The van der Waals surface area contributed by atoms with Gasteiger partial charge in [0.15, 0.2) is 0 Å². The van der Waals surface area contributed by atoms with Crippen LogP contribution in [0.5, 0.6) is 5.75 Å². The fourth-order valence-electron chi connectivity index (χ4n) is 2.11. The molecule has 0 saturated heterocycles. The zero-order valence-electron chi connectivity index (χ0n) is 10.7. The quantitative estimate of drug-likeness (QED) is 0.640. The molecular weight excluding hydrogens is 351 g/mol. The van der Waals surface area contributed by atoms with Crippen molar-refractivity contribution < 1.29 is 14.4 Å². The highest BCUT2D eigenvalue weighted by molar-refractivity contribution is 9.10. The topological polar surface area (TPSA) is 87.6 Å². The smallest absolute Gasteiger partial charge is 0.313 e. The van der Waals surface area contributed by atoms with Gasteiger partial charge in [0.2, 0.25) is 5.75 Å². The summed E-state index contributed by atoms with van der Waals surface area (Å²) in [7, 11) is 0. The summed E-state index contributed by atoms with van der Waals surface area (Å²) >= 11 is 9.05. The number of ether oxygens (including phenoxy) is 2. The van der Waals surface area contributed by atoms with Gasteiger partial charge in [-0.25, -0.2) is 0 Å². The first kappa shape index (κ1) is 15.5. The van der Waals surface area contributed by atoms with Crippen molar-refractivity contribution in [3.8, 4) is 5.75 Å². The molecule has 0 aromatic heterocycles. The fraction of sp³-hybridized carbons (Fsp3) is 0.500. The summed E-state index contributed by atoms with van der Waals surface area (Å²) in [4.78, 5) is 10.5. The van der Waals surface area contributed by atoms with Crippen LogP contribution >= 0.6 is 27.5 Å². The summed E-state index contributed by atoms with van der Waals surface area (Å²) in [6.07, 6.45) is 0.0555. The molecule has 0 amide bonds. The van der Waals surface area contributed by atoms with E-state index in [9.17, 15) is 10.1 Å². The standard InChI is InChI=1S/C12H14BrClN2O4/c1-2-19-12-8(15)5-10(12)20-11-7(13)3-6(14)4-9(11)16(17)18/h3-4,8,10,12H,2,5,15H2,1H3. The van der Waals surface area contributed by atoms with Crippen LogP contribution in [0.1, 0.15) is 13.3 Å². The molecule has 1 aliphatic rings. The van der Waals surface area contributed by atoms with Crippen molar-refractivity contribution in [1.82, 2.24) is 0 Å². The Balaban J connectivity index is 2.23. The third-order valence-corrected chi connectivity index (χ3v) is 3.91. The molecule has 0 spiro atoms. The molecule has 1 saturated carbocycles. The third-order valence-electron chi connectivity index (χ3n) is 3.11. The van der Waals surface area contributed by atoms with Crippen molar-refractivity contribution in [1.29, 1.82) is 0 Å². The van der Waals surface area contributed by atoms with Crippen LogP contribution in [0.25, 0.3) is 0 Å². The highest BCUT2D eigenvalue weighted by Gasteiger charge is 2.42. The molecule has 1 aromatic rings. The molecule has 0 aliphatic heterocycles. The molecule has 0 heterocycles. The van der Waals surface area contributed by atoms with Crippen molar-refractivity contribution in [3.05, 3.63) is 31.7 Å². The van der Waals surface area contributed by atoms with Gasteiger partial charge >= 0.3 is 5.69 Å². The maximum absolute atomic E-state index is 11.1. The Bertz CT molecular complexity index is 528. The number of benzene rings is 1. The zero-order valence-corrected chi connectivity index (χ0v) is 13.1. The lowest BCUT2D eigenvalue weighted by atomic mass is 9.86. The summed E-state index contributed by atoms with van der Waals surface area (Å²) < 4.78 is 11.6. The lowest BCUT2D eigenvalue weighted by Crippen LogP contribution is -2.59. The number of hydrogen-bond acceptors (Lipinski definition) is 5. The Labute approximate surface area is 129 Å². The van der Waals surface area contributed by atoms with E-state index in [4.69, 9.17) is 26.8 Å². The van der Waals surface area contributed by atoms with Gasteiger partial charge in [-0.1, -0.05) is 11.6 Å². The molecule has 1 fully saturated rings. The highest BCUT2D eigenvalue weighted by atomic mass is 79.9. The van der Waals surface area contributed by atoms with Crippen LogP contribution in [-0.2, 0) is 4.74 Å². The minimum absolute atomic E-state index is 0.106. The summed E-state index contributed by atoms with van der Waals surface area (Å²) in [6, 6.07) is 2.71. The van der Waals surface area contributed by atoms with Gasteiger partial charge < -0.3 is 15.2 Å². The minimum atomic E-state index is -0.528. The van der Waals surface area contributed by atoms with Gasteiger partial charge in [-0.05, 0) is 28.9 Å². The monoisotopic (exact) mass is 364 g/mol. The molecule has 1 aromatic carbocycles. The SMILES string of the molecule is CCOC1C(N)CC1Oc1c(Br)cc(Cl)cc1[N+](=O)[O-]. The Morgan fingerprint density at radius 1 is 1.60 bits per heavy atom. The molecule has 8 heteroatoms. The second kappa shape index (κ2) is 6.26. The van der Waals surface area contributed by atoms with Crippen LogP contribution in [0.3, 0.4) is 0 Å². The van der Waals surface area contributed by atoms with Crippen LogP contribution in [-0.4, -0.2) is 29.8 Å². The second-order valence-electron chi connectivity index (χ2n) is 4.47. The molecular formula is C12H14BrClN2O4. The molecule has 0 bridgehead atoms. The number of rotatable bonds is 5. The summed E-state index contributed by atoms with van der Waals surface area (Å²) in [5, 5.41) is 11.3. The van der Waals surface area contributed by atoms with Crippen molar-refractivity contribution in [2.24, 2.45) is 5.73 Å². The van der Waals surface area contributed by atoms with Crippen molar-refractivity contribution in [2.45, 2.75) is 31.6 Å². The summed E-state index contributed by atoms with van der Waals surface area (Å²) in [5.41, 5.74) is 5.66. The van der Waals surface area contributed by atoms with Gasteiger partial charge in [-0.3, -0.25) is 10.1 Å². The van der Waals surface area contributed by atoms with Gasteiger partial charge in [0, 0.05) is 30.2 Å². The maximum atomic E-state index is 11.1. The predicted molar refractivity (Wildman–Crippen MR) is 78.2 cm³/mol. The van der Waals surface area contributed by atoms with Crippen molar-refractivity contribution >= 4 is 33.2 Å². The molecule has 110 valence electrons. The Morgan fingerprint density at radius 3 is 2.85 bits per heavy atom. The van der Waals surface area contributed by atoms with Crippen molar-refractivity contribution in [2.75, 3.05) is 6.61 Å². The molecule has 3 atom stereocenters. The molecule has 1 aliphatic carbocycles. The highest BCUT2D eigenvalue weighted by Crippen LogP contribution is 2.40. The first-order valence-corrected chi connectivity index (χ1v) is 7.28. The summed E-state index contributed by atoms with van der Waals surface area (Å²) in [5.74, 6) is 0.154. The van der Waals surface area contributed by atoms with Crippen LogP contribution in [0.4, 0.5) is 5.69 Å². The van der Waals surface area contributed by atoms with E-state index in [-0.39, 0.29) is 34.7 Å². The maximum Gasteiger partial charge on any atom is 0.313 e. The van der Waals surface area contributed by atoms with E-state index in [1.165, 1.54) is 6.07 Å². The molecule has 6 nitrogen and oxygen atoms in total.